The number of hydrogen-bond donors (Lipinski definition) is 1. The topological polar surface area (TPSA) is 112 Å². The van der Waals surface area contributed by atoms with Gasteiger partial charge in [-0.2, -0.15) is 4.31 Å². The van der Waals surface area contributed by atoms with Crippen molar-refractivity contribution < 1.29 is 22.7 Å². The zero-order valence-electron chi connectivity index (χ0n) is 14.9. The fourth-order valence-electron chi connectivity index (χ4n) is 3.09. The van der Waals surface area contributed by atoms with E-state index in [9.17, 15) is 18.0 Å². The lowest BCUT2D eigenvalue weighted by Crippen LogP contribution is -2.41. The number of carbonyl (C=O) groups excluding carboxylic acids is 2. The number of carbonyl (C=O) groups is 2. The SMILES string of the molecule is Cn1cc(S(=O)(=O)N2CCC(C(=O)Oc3ccccc3)CC2)cc1C(N)=O. The molecule has 0 atom stereocenters. The molecule has 2 N–H and O–H groups in total. The summed E-state index contributed by atoms with van der Waals surface area (Å²) in [6, 6.07) is 10.0. The van der Waals surface area contributed by atoms with Crippen LogP contribution in [0.25, 0.3) is 0 Å². The predicted molar refractivity (Wildman–Crippen MR) is 97.5 cm³/mol. The Labute approximate surface area is 157 Å². The number of hydrogen-bond acceptors (Lipinski definition) is 5. The van der Waals surface area contributed by atoms with Crippen LogP contribution >= 0.6 is 0 Å². The number of para-hydroxylation sites is 1. The monoisotopic (exact) mass is 391 g/mol. The number of esters is 1. The Kier molecular flexibility index (Phi) is 5.33. The van der Waals surface area contributed by atoms with Gasteiger partial charge in [-0.15, -0.1) is 0 Å². The van der Waals surface area contributed by atoms with E-state index < -0.39 is 15.9 Å². The number of nitrogens with zero attached hydrogens (tertiary/aromatic N) is 2. The molecular weight excluding hydrogens is 370 g/mol. The molecule has 9 heteroatoms. The summed E-state index contributed by atoms with van der Waals surface area (Å²) in [6.45, 7) is 0.412. The highest BCUT2D eigenvalue weighted by Crippen LogP contribution is 2.26. The van der Waals surface area contributed by atoms with Gasteiger partial charge in [-0.25, -0.2) is 8.42 Å². The minimum absolute atomic E-state index is 0.0177. The molecular formula is C18H21N3O5S. The lowest BCUT2D eigenvalue weighted by Gasteiger charge is -2.29. The fourth-order valence-corrected chi connectivity index (χ4v) is 4.63. The summed E-state index contributed by atoms with van der Waals surface area (Å²) < 4.78 is 33.6. The molecule has 1 amide bonds. The smallest absolute Gasteiger partial charge is 0.314 e. The van der Waals surface area contributed by atoms with Crippen molar-refractivity contribution in [2.45, 2.75) is 17.7 Å². The molecule has 2 heterocycles. The van der Waals surface area contributed by atoms with Crippen LogP contribution in [0.2, 0.25) is 0 Å². The Morgan fingerprint density at radius 2 is 1.78 bits per heavy atom. The second kappa shape index (κ2) is 7.53. The summed E-state index contributed by atoms with van der Waals surface area (Å²) >= 11 is 0. The van der Waals surface area contributed by atoms with Gasteiger partial charge in [0, 0.05) is 26.3 Å². The van der Waals surface area contributed by atoms with Gasteiger partial charge in [0.1, 0.15) is 16.3 Å². The van der Waals surface area contributed by atoms with Crippen molar-refractivity contribution in [1.82, 2.24) is 8.87 Å². The van der Waals surface area contributed by atoms with Gasteiger partial charge < -0.3 is 15.0 Å². The third-order valence-electron chi connectivity index (χ3n) is 4.62. The van der Waals surface area contributed by atoms with Gasteiger partial charge in [0.2, 0.25) is 10.0 Å². The maximum atomic E-state index is 12.8. The summed E-state index contributed by atoms with van der Waals surface area (Å²) in [5.41, 5.74) is 5.37. The number of rotatable bonds is 5. The van der Waals surface area contributed by atoms with Gasteiger partial charge in [0.25, 0.3) is 5.91 Å². The number of benzene rings is 1. The first-order valence-electron chi connectivity index (χ1n) is 8.52. The average molecular weight is 391 g/mol. The number of primary amides is 1. The fraction of sp³-hybridized carbons (Fsp3) is 0.333. The highest BCUT2D eigenvalue weighted by atomic mass is 32.2. The Balaban J connectivity index is 1.65. The highest BCUT2D eigenvalue weighted by molar-refractivity contribution is 7.89. The van der Waals surface area contributed by atoms with Gasteiger partial charge in [0.15, 0.2) is 0 Å². The van der Waals surface area contributed by atoms with Crippen LogP contribution in [-0.4, -0.2) is 42.3 Å². The van der Waals surface area contributed by atoms with Crippen molar-refractivity contribution in [3.63, 3.8) is 0 Å². The van der Waals surface area contributed by atoms with Crippen molar-refractivity contribution in [2.75, 3.05) is 13.1 Å². The van der Waals surface area contributed by atoms with Crippen LogP contribution in [0.15, 0.2) is 47.5 Å². The second-order valence-electron chi connectivity index (χ2n) is 6.45. The number of aromatic nitrogens is 1. The van der Waals surface area contributed by atoms with Gasteiger partial charge in [0.05, 0.1) is 5.92 Å². The first kappa shape index (κ1) is 19.1. The molecule has 0 unspecified atom stereocenters. The summed E-state index contributed by atoms with van der Waals surface area (Å²) in [4.78, 5) is 23.6. The van der Waals surface area contributed by atoms with E-state index in [-0.39, 0.29) is 35.6 Å². The first-order chi connectivity index (χ1) is 12.8. The van der Waals surface area contributed by atoms with Crippen LogP contribution in [-0.2, 0) is 21.9 Å². The van der Waals surface area contributed by atoms with E-state index in [1.807, 2.05) is 6.07 Å². The molecule has 1 aliphatic rings. The molecule has 0 spiro atoms. The van der Waals surface area contributed by atoms with E-state index in [4.69, 9.17) is 10.5 Å². The molecule has 0 aliphatic carbocycles. The minimum atomic E-state index is -3.75. The normalized spacial score (nSPS) is 16.2. The van der Waals surface area contributed by atoms with E-state index >= 15 is 0 Å². The van der Waals surface area contributed by atoms with E-state index in [0.717, 1.165) is 0 Å². The number of ether oxygens (including phenoxy) is 1. The zero-order chi connectivity index (χ0) is 19.6. The van der Waals surface area contributed by atoms with Crippen molar-refractivity contribution in [3.8, 4) is 5.75 Å². The van der Waals surface area contributed by atoms with Crippen molar-refractivity contribution in [3.05, 3.63) is 48.3 Å². The quantitative estimate of drug-likeness (QED) is 0.607. The zero-order valence-corrected chi connectivity index (χ0v) is 15.7. The Bertz CT molecular complexity index is 945. The van der Waals surface area contributed by atoms with Gasteiger partial charge >= 0.3 is 5.97 Å². The number of piperidine rings is 1. The maximum Gasteiger partial charge on any atom is 0.314 e. The summed E-state index contributed by atoms with van der Waals surface area (Å²) in [6.07, 6.45) is 2.12. The van der Waals surface area contributed by atoms with E-state index in [2.05, 4.69) is 0 Å². The molecule has 2 aromatic rings. The molecule has 1 fully saturated rings. The predicted octanol–water partition coefficient (Wildman–Crippen LogP) is 1.13. The van der Waals surface area contributed by atoms with Crippen molar-refractivity contribution in [1.29, 1.82) is 0 Å². The molecule has 1 aliphatic heterocycles. The summed E-state index contributed by atoms with van der Waals surface area (Å²) in [5.74, 6) is -0.926. The lowest BCUT2D eigenvalue weighted by atomic mass is 9.98. The number of aryl methyl sites for hydroxylation is 1. The third-order valence-corrected chi connectivity index (χ3v) is 6.48. The largest absolute Gasteiger partial charge is 0.426 e. The van der Waals surface area contributed by atoms with E-state index in [1.165, 1.54) is 21.1 Å². The van der Waals surface area contributed by atoms with Gasteiger partial charge in [-0.1, -0.05) is 18.2 Å². The van der Waals surface area contributed by atoms with Crippen LogP contribution < -0.4 is 10.5 Å². The van der Waals surface area contributed by atoms with Crippen molar-refractivity contribution >= 4 is 21.9 Å². The van der Waals surface area contributed by atoms with Gasteiger partial charge in [-0.3, -0.25) is 9.59 Å². The molecule has 1 aromatic heterocycles. The standard InChI is InChI=1S/C18H21N3O5S/c1-20-12-15(11-16(20)17(19)22)27(24,25)21-9-7-13(8-10-21)18(23)26-14-5-3-2-4-6-14/h2-6,11-13H,7-10H2,1H3,(H2,19,22). The number of sulfonamides is 1. The molecule has 1 saturated heterocycles. The van der Waals surface area contributed by atoms with Crippen LogP contribution in [0.5, 0.6) is 5.75 Å². The van der Waals surface area contributed by atoms with Crippen LogP contribution in [0.3, 0.4) is 0 Å². The summed E-state index contributed by atoms with van der Waals surface area (Å²) in [5, 5.41) is 0. The molecule has 0 bridgehead atoms. The van der Waals surface area contributed by atoms with Crippen LogP contribution in [0.4, 0.5) is 0 Å². The summed E-state index contributed by atoms with van der Waals surface area (Å²) in [7, 11) is -2.19. The maximum absolute atomic E-state index is 12.8. The lowest BCUT2D eigenvalue weighted by molar-refractivity contribution is -0.140. The van der Waals surface area contributed by atoms with Crippen molar-refractivity contribution in [2.24, 2.45) is 18.7 Å². The first-order valence-corrected chi connectivity index (χ1v) is 9.96. The van der Waals surface area contributed by atoms with E-state index in [1.54, 1.807) is 31.3 Å². The molecule has 144 valence electrons. The minimum Gasteiger partial charge on any atom is -0.426 e. The Hall–Kier alpha value is -2.65. The van der Waals surface area contributed by atoms with Crippen LogP contribution in [0.1, 0.15) is 23.3 Å². The molecule has 0 saturated carbocycles. The number of amides is 1. The number of nitrogens with two attached hydrogens (primary N) is 1. The highest BCUT2D eigenvalue weighted by Gasteiger charge is 2.34. The third kappa shape index (κ3) is 4.04. The molecule has 1 aromatic carbocycles. The Morgan fingerprint density at radius 1 is 1.15 bits per heavy atom. The average Bonchev–Trinajstić information content (AvgIpc) is 3.05. The Morgan fingerprint density at radius 3 is 2.33 bits per heavy atom. The molecule has 0 radical (unpaired) electrons. The second-order valence-corrected chi connectivity index (χ2v) is 8.39. The molecule has 3 rings (SSSR count). The molecule has 8 nitrogen and oxygen atoms in total. The van der Waals surface area contributed by atoms with E-state index in [0.29, 0.717) is 18.6 Å². The van der Waals surface area contributed by atoms with Crippen LogP contribution in [0, 0.1) is 5.92 Å². The molecule has 27 heavy (non-hydrogen) atoms. The van der Waals surface area contributed by atoms with Gasteiger partial charge in [-0.05, 0) is 31.0 Å².